The van der Waals surface area contributed by atoms with E-state index in [1.165, 1.54) is 25.5 Å². The molecule has 0 unspecified atom stereocenters. The van der Waals surface area contributed by atoms with E-state index in [2.05, 4.69) is 4.98 Å². The van der Waals surface area contributed by atoms with Gasteiger partial charge in [-0.25, -0.2) is 13.4 Å². The van der Waals surface area contributed by atoms with Crippen molar-refractivity contribution in [3.8, 4) is 0 Å². The third kappa shape index (κ3) is 2.82. The average molecular weight is 239 g/mol. The molecule has 0 N–H and O–H groups in total. The Morgan fingerprint density at radius 3 is 2.56 bits per heavy atom. The van der Waals surface area contributed by atoms with Crippen molar-refractivity contribution in [2.75, 3.05) is 5.75 Å². The molecule has 0 amide bonds. The van der Waals surface area contributed by atoms with Crippen molar-refractivity contribution >= 4 is 9.84 Å². The summed E-state index contributed by atoms with van der Waals surface area (Å²) >= 11 is 0. The number of sulfone groups is 1. The molecule has 0 atom stereocenters. The van der Waals surface area contributed by atoms with E-state index in [1.807, 2.05) is 0 Å². The van der Waals surface area contributed by atoms with E-state index in [0.29, 0.717) is 5.92 Å². The topological polar surface area (TPSA) is 47.0 Å². The van der Waals surface area contributed by atoms with Crippen LogP contribution in [0.1, 0.15) is 32.1 Å². The van der Waals surface area contributed by atoms with Gasteiger partial charge in [0.2, 0.25) is 0 Å². The predicted octanol–water partition coefficient (Wildman–Crippen LogP) is 2.44. The van der Waals surface area contributed by atoms with Crippen molar-refractivity contribution in [1.29, 1.82) is 0 Å². The molecule has 1 aromatic rings. The van der Waals surface area contributed by atoms with Gasteiger partial charge in [0.15, 0.2) is 14.9 Å². The third-order valence-corrected chi connectivity index (χ3v) is 4.93. The second-order valence-corrected chi connectivity index (χ2v) is 6.43. The fourth-order valence-corrected chi connectivity index (χ4v) is 3.91. The number of rotatable bonds is 3. The molecule has 88 valence electrons. The summed E-state index contributed by atoms with van der Waals surface area (Å²) in [5.41, 5.74) is 0. The number of aromatic nitrogens is 1. The summed E-state index contributed by atoms with van der Waals surface area (Å²) in [6, 6.07) is 5.04. The second-order valence-electron chi connectivity index (χ2n) is 4.45. The molecule has 0 aromatic carbocycles. The molecule has 1 aliphatic carbocycles. The van der Waals surface area contributed by atoms with E-state index in [9.17, 15) is 8.42 Å². The van der Waals surface area contributed by atoms with Crippen molar-refractivity contribution in [3.63, 3.8) is 0 Å². The first-order valence-corrected chi connectivity index (χ1v) is 7.47. The first-order chi connectivity index (χ1) is 7.68. The summed E-state index contributed by atoms with van der Waals surface area (Å²) in [6.07, 6.45) is 7.22. The zero-order chi connectivity index (χ0) is 11.4. The van der Waals surface area contributed by atoms with Crippen LogP contribution in [0.15, 0.2) is 29.4 Å². The van der Waals surface area contributed by atoms with Crippen LogP contribution in [0.5, 0.6) is 0 Å². The van der Waals surface area contributed by atoms with Crippen molar-refractivity contribution in [2.24, 2.45) is 5.92 Å². The van der Waals surface area contributed by atoms with Gasteiger partial charge in [-0.1, -0.05) is 25.3 Å². The molecule has 3 nitrogen and oxygen atoms in total. The maximum atomic E-state index is 12.0. The monoisotopic (exact) mass is 239 g/mol. The zero-order valence-electron chi connectivity index (χ0n) is 9.30. The predicted molar refractivity (Wildman–Crippen MR) is 62.9 cm³/mol. The van der Waals surface area contributed by atoms with Crippen LogP contribution >= 0.6 is 0 Å². The maximum Gasteiger partial charge on any atom is 0.195 e. The fraction of sp³-hybridized carbons (Fsp3) is 0.583. The maximum absolute atomic E-state index is 12.0. The first kappa shape index (κ1) is 11.6. The van der Waals surface area contributed by atoms with Crippen molar-refractivity contribution in [3.05, 3.63) is 24.4 Å². The van der Waals surface area contributed by atoms with Gasteiger partial charge in [-0.05, 0) is 30.9 Å². The lowest BCUT2D eigenvalue weighted by atomic mass is 9.91. The summed E-state index contributed by atoms with van der Waals surface area (Å²) in [5.74, 6) is 0.602. The van der Waals surface area contributed by atoms with Gasteiger partial charge in [0, 0.05) is 6.20 Å². The van der Waals surface area contributed by atoms with Crippen LogP contribution < -0.4 is 0 Å². The minimum atomic E-state index is -3.17. The number of hydrogen-bond acceptors (Lipinski definition) is 3. The van der Waals surface area contributed by atoms with Gasteiger partial charge in [0.05, 0.1) is 5.75 Å². The molecular weight excluding hydrogens is 222 g/mol. The Labute approximate surface area is 96.8 Å². The van der Waals surface area contributed by atoms with Crippen LogP contribution in [0.4, 0.5) is 0 Å². The summed E-state index contributed by atoms with van der Waals surface area (Å²) in [6.45, 7) is 0. The van der Waals surface area contributed by atoms with Gasteiger partial charge < -0.3 is 0 Å². The van der Waals surface area contributed by atoms with Gasteiger partial charge in [0.1, 0.15) is 0 Å². The van der Waals surface area contributed by atoms with Crippen LogP contribution in [0.2, 0.25) is 0 Å². The molecule has 2 rings (SSSR count). The van der Waals surface area contributed by atoms with Crippen LogP contribution in [0.3, 0.4) is 0 Å². The van der Waals surface area contributed by atoms with E-state index in [4.69, 9.17) is 0 Å². The quantitative estimate of drug-likeness (QED) is 0.814. The van der Waals surface area contributed by atoms with Gasteiger partial charge >= 0.3 is 0 Å². The van der Waals surface area contributed by atoms with E-state index in [0.717, 1.165) is 12.8 Å². The van der Waals surface area contributed by atoms with Crippen molar-refractivity contribution in [1.82, 2.24) is 4.98 Å². The molecule has 0 bridgehead atoms. The summed E-state index contributed by atoms with van der Waals surface area (Å²) in [4.78, 5) is 3.93. The van der Waals surface area contributed by atoms with E-state index < -0.39 is 9.84 Å². The summed E-state index contributed by atoms with van der Waals surface area (Å²) in [5, 5.41) is 0.223. The lowest BCUT2D eigenvalue weighted by Crippen LogP contribution is -2.19. The van der Waals surface area contributed by atoms with E-state index >= 15 is 0 Å². The Morgan fingerprint density at radius 2 is 1.94 bits per heavy atom. The van der Waals surface area contributed by atoms with Crippen LogP contribution in [0.25, 0.3) is 0 Å². The number of hydrogen-bond donors (Lipinski definition) is 0. The number of nitrogens with zero attached hydrogens (tertiary/aromatic N) is 1. The molecule has 0 spiro atoms. The first-order valence-electron chi connectivity index (χ1n) is 5.82. The minimum Gasteiger partial charge on any atom is -0.245 e. The molecule has 0 radical (unpaired) electrons. The SMILES string of the molecule is O=S(=O)(CC1CCCCC1)c1ccccn1. The lowest BCUT2D eigenvalue weighted by molar-refractivity contribution is 0.385. The van der Waals surface area contributed by atoms with E-state index in [1.54, 1.807) is 18.2 Å². The minimum absolute atomic E-state index is 0.223. The Morgan fingerprint density at radius 1 is 1.19 bits per heavy atom. The largest absolute Gasteiger partial charge is 0.245 e. The van der Waals surface area contributed by atoms with Gasteiger partial charge in [0.25, 0.3) is 0 Å². The third-order valence-electron chi connectivity index (χ3n) is 3.14. The average Bonchev–Trinajstić information content (AvgIpc) is 2.31. The highest BCUT2D eigenvalue weighted by Crippen LogP contribution is 2.26. The molecule has 1 aliphatic rings. The van der Waals surface area contributed by atoms with Crippen molar-refractivity contribution < 1.29 is 8.42 Å². The highest BCUT2D eigenvalue weighted by atomic mass is 32.2. The van der Waals surface area contributed by atoms with Crippen LogP contribution in [-0.4, -0.2) is 19.2 Å². The van der Waals surface area contributed by atoms with Gasteiger partial charge in [-0.15, -0.1) is 0 Å². The smallest absolute Gasteiger partial charge is 0.195 e. The Kier molecular flexibility index (Phi) is 3.59. The molecule has 1 fully saturated rings. The van der Waals surface area contributed by atoms with E-state index in [-0.39, 0.29) is 10.8 Å². The fourth-order valence-electron chi connectivity index (χ4n) is 2.28. The lowest BCUT2D eigenvalue weighted by Gasteiger charge is -2.20. The van der Waals surface area contributed by atoms with Crippen LogP contribution in [0, 0.1) is 5.92 Å². The highest BCUT2D eigenvalue weighted by molar-refractivity contribution is 7.91. The Hall–Kier alpha value is -0.900. The summed E-state index contributed by atoms with van der Waals surface area (Å²) in [7, 11) is -3.17. The second kappa shape index (κ2) is 4.95. The Bertz CT molecular complexity index is 422. The molecule has 0 saturated heterocycles. The molecule has 0 aliphatic heterocycles. The van der Waals surface area contributed by atoms with Gasteiger partial charge in [-0.3, -0.25) is 0 Å². The Balaban J connectivity index is 2.08. The molecule has 1 saturated carbocycles. The van der Waals surface area contributed by atoms with Crippen LogP contribution in [-0.2, 0) is 9.84 Å². The molecule has 4 heteroatoms. The molecule has 16 heavy (non-hydrogen) atoms. The highest BCUT2D eigenvalue weighted by Gasteiger charge is 2.23. The van der Waals surface area contributed by atoms with Gasteiger partial charge in [-0.2, -0.15) is 0 Å². The zero-order valence-corrected chi connectivity index (χ0v) is 10.1. The number of pyridine rings is 1. The normalized spacial score (nSPS) is 18.5. The molecular formula is C12H17NO2S. The standard InChI is InChI=1S/C12H17NO2S/c14-16(15,12-8-4-5-9-13-12)10-11-6-2-1-3-7-11/h4-5,8-9,11H,1-3,6-7,10H2. The van der Waals surface area contributed by atoms with Crippen molar-refractivity contribution in [2.45, 2.75) is 37.1 Å². The molecule has 1 heterocycles. The summed E-state index contributed by atoms with van der Waals surface area (Å²) < 4.78 is 24.1. The molecule has 1 aromatic heterocycles.